The van der Waals surface area contributed by atoms with Gasteiger partial charge in [-0.25, -0.2) is 14.8 Å². The van der Waals surface area contributed by atoms with Gasteiger partial charge in [0.15, 0.2) is 23.0 Å². The Balaban J connectivity index is 0.949. The highest BCUT2D eigenvalue weighted by molar-refractivity contribution is 14.1. The maximum atomic E-state index is 14.3. The number of aliphatic hydroxyl groups excluding tert-OH is 1. The van der Waals surface area contributed by atoms with Gasteiger partial charge in [0.2, 0.25) is 18.2 Å². The summed E-state index contributed by atoms with van der Waals surface area (Å²) < 4.78 is 22.4. The molecule has 5 aromatic rings. The summed E-state index contributed by atoms with van der Waals surface area (Å²) in [5.41, 5.74) is 6.63. The molecule has 0 saturated carbocycles. The predicted octanol–water partition coefficient (Wildman–Crippen LogP) is 7.57. The summed E-state index contributed by atoms with van der Waals surface area (Å²) in [6.07, 6.45) is 4.53. The highest BCUT2D eigenvalue weighted by Gasteiger charge is 2.43. The molecule has 17 heteroatoms. The number of amides is 3. The van der Waals surface area contributed by atoms with Gasteiger partial charge in [-0.15, -0.1) is 0 Å². The summed E-state index contributed by atoms with van der Waals surface area (Å²) in [5.74, 6) is 1.84. The molecule has 0 spiro atoms. The van der Waals surface area contributed by atoms with Crippen LogP contribution in [0.2, 0.25) is 0 Å². The van der Waals surface area contributed by atoms with E-state index in [0.29, 0.717) is 31.8 Å². The number of aromatic nitrogens is 4. The van der Waals surface area contributed by atoms with Crippen molar-refractivity contribution in [1.82, 2.24) is 40.4 Å². The minimum atomic E-state index is -1.27. The molecule has 16 nitrogen and oxygen atoms in total. The van der Waals surface area contributed by atoms with Crippen LogP contribution in [0.25, 0.3) is 44.2 Å². The van der Waals surface area contributed by atoms with Gasteiger partial charge in [0.1, 0.15) is 30.0 Å². The molecule has 0 radical (unpaired) electrons. The molecule has 0 aliphatic carbocycles. The number of rotatable bonds is 11. The number of benzene rings is 3. The van der Waals surface area contributed by atoms with E-state index in [0.717, 1.165) is 87.0 Å². The molecule has 340 valence electrons. The molecule has 1 unspecified atom stereocenters. The summed E-state index contributed by atoms with van der Waals surface area (Å²) >= 11 is 1.52. The van der Waals surface area contributed by atoms with Gasteiger partial charge in [0, 0.05) is 30.6 Å². The van der Waals surface area contributed by atoms with E-state index in [1.807, 2.05) is 56.7 Å². The average Bonchev–Trinajstić information content (AvgIpc) is 4.12. The number of likely N-dealkylation sites (tertiary alicyclic amines) is 2. The quantitative estimate of drug-likeness (QED) is 0.0647. The topological polar surface area (TPSA) is 196 Å². The molecular weight excluding hydrogens is 931 g/mol. The SMILES string of the molecule is COC(O)N[C@H](C(=O)N1CCC[C@H]1c1ncc(-c2ccc3c(c2)COc2cc4c(ccc5[nH]c([C@@H]6CC[C@H](C)N6C(=O)[C@@H](NC(=O)OI)C(C)C)nc54)cc2-3)[nH]1)C1C[C@@H](C)O[C@H](C)C1. The van der Waals surface area contributed by atoms with Crippen molar-refractivity contribution in [2.75, 3.05) is 13.7 Å². The Bertz CT molecular complexity index is 2550. The van der Waals surface area contributed by atoms with E-state index < -0.39 is 24.6 Å². The van der Waals surface area contributed by atoms with E-state index >= 15 is 0 Å². The molecule has 3 amide bonds. The highest BCUT2D eigenvalue weighted by atomic mass is 127. The number of carbonyl (C=O) groups excluding carboxylic acids is 3. The van der Waals surface area contributed by atoms with Crippen LogP contribution in [0.15, 0.2) is 48.7 Å². The van der Waals surface area contributed by atoms with Crippen LogP contribution in [0.1, 0.15) is 102 Å². The molecule has 3 fully saturated rings. The lowest BCUT2D eigenvalue weighted by atomic mass is 9.85. The van der Waals surface area contributed by atoms with Crippen LogP contribution in [0.5, 0.6) is 5.75 Å². The molecule has 4 aliphatic heterocycles. The van der Waals surface area contributed by atoms with Crippen molar-refractivity contribution in [1.29, 1.82) is 0 Å². The van der Waals surface area contributed by atoms with Gasteiger partial charge in [-0.1, -0.05) is 32.0 Å². The largest absolute Gasteiger partial charge is 0.488 e. The summed E-state index contributed by atoms with van der Waals surface area (Å²) in [4.78, 5) is 61.3. The van der Waals surface area contributed by atoms with E-state index in [1.165, 1.54) is 30.1 Å². The Labute approximate surface area is 386 Å². The third kappa shape index (κ3) is 8.45. The first kappa shape index (κ1) is 44.4. The summed E-state index contributed by atoms with van der Waals surface area (Å²) in [6, 6.07) is 12.8. The molecule has 9 rings (SSSR count). The third-order valence-corrected chi connectivity index (χ3v) is 14.1. The molecule has 2 aromatic heterocycles. The van der Waals surface area contributed by atoms with E-state index in [4.69, 9.17) is 27.2 Å². The van der Waals surface area contributed by atoms with Crippen LogP contribution in [0.4, 0.5) is 4.79 Å². The number of ether oxygens (including phenoxy) is 3. The van der Waals surface area contributed by atoms with Crippen LogP contribution in [-0.2, 0) is 28.7 Å². The molecule has 8 atom stereocenters. The van der Waals surface area contributed by atoms with E-state index in [9.17, 15) is 19.5 Å². The van der Waals surface area contributed by atoms with Gasteiger partial charge in [-0.05, 0) is 117 Å². The van der Waals surface area contributed by atoms with E-state index in [1.54, 1.807) is 0 Å². The zero-order chi connectivity index (χ0) is 45.0. The minimum Gasteiger partial charge on any atom is -0.488 e. The van der Waals surface area contributed by atoms with Gasteiger partial charge in [-0.2, -0.15) is 0 Å². The monoisotopic (exact) mass is 988 g/mol. The standard InChI is InChI=1S/C47H57IN8O8/c1-23(2)39(53-47(60)64-48)45(58)56-24(3)9-14-37(56)43-50-34-13-11-27-19-33-31-12-10-28(18-30(31)22-62-38(33)20-32(27)41(34)52-43)35-21-49-42(51-35)36-8-7-15-55(36)44(57)40(54-46(59)61-6)29-16-25(4)63-26(5)17-29/h10-13,18-21,23-26,29,36-37,39-40,46,54,59H,7-9,14-17,22H2,1-6H3,(H,49,51)(H,50,52)(H,53,60)/t24-,25+,26+,36-,37-,39-,40-,46?/m0/s1. The zero-order valence-corrected chi connectivity index (χ0v) is 39.2. The van der Waals surface area contributed by atoms with Crippen molar-refractivity contribution in [3.8, 4) is 28.1 Å². The number of hydrogen-bond acceptors (Lipinski definition) is 11. The smallest absolute Gasteiger partial charge is 0.417 e. The number of methoxy groups -OCH3 is 1. The van der Waals surface area contributed by atoms with Crippen molar-refractivity contribution in [3.63, 3.8) is 0 Å². The number of imidazole rings is 2. The van der Waals surface area contributed by atoms with Crippen molar-refractivity contribution < 1.29 is 36.8 Å². The molecule has 64 heavy (non-hydrogen) atoms. The fourth-order valence-electron chi connectivity index (χ4n) is 10.6. The Kier molecular flexibility index (Phi) is 12.6. The van der Waals surface area contributed by atoms with Crippen molar-refractivity contribution >= 4 is 62.7 Å². The number of nitrogens with one attached hydrogen (secondary N) is 4. The highest BCUT2D eigenvalue weighted by Crippen LogP contribution is 2.44. The normalized spacial score (nSPS) is 24.6. The molecular formula is C47H57IN8O8. The summed E-state index contributed by atoms with van der Waals surface area (Å²) in [7, 11) is 1.41. The lowest BCUT2D eigenvalue weighted by molar-refractivity contribution is -0.150. The van der Waals surface area contributed by atoms with Gasteiger partial charge in [-0.3, -0.25) is 14.9 Å². The second-order valence-electron chi connectivity index (χ2n) is 18.3. The van der Waals surface area contributed by atoms with Gasteiger partial charge >= 0.3 is 6.09 Å². The first-order chi connectivity index (χ1) is 30.8. The minimum absolute atomic E-state index is 0.00592. The van der Waals surface area contributed by atoms with Crippen LogP contribution >= 0.6 is 23.0 Å². The second kappa shape index (κ2) is 18.2. The number of aromatic amines is 2. The van der Waals surface area contributed by atoms with Crippen LogP contribution in [0, 0.1) is 11.8 Å². The van der Waals surface area contributed by atoms with Crippen LogP contribution < -0.4 is 15.4 Å². The van der Waals surface area contributed by atoms with Gasteiger partial charge in [0.25, 0.3) is 0 Å². The number of aliphatic hydroxyl groups is 1. The zero-order valence-electron chi connectivity index (χ0n) is 37.0. The first-order valence-electron chi connectivity index (χ1n) is 22.4. The van der Waals surface area contributed by atoms with E-state index in [-0.39, 0.29) is 54.0 Å². The molecule has 3 saturated heterocycles. The lowest BCUT2D eigenvalue weighted by Gasteiger charge is -2.39. The number of H-pyrrole nitrogens is 2. The van der Waals surface area contributed by atoms with Crippen molar-refractivity contribution in [2.24, 2.45) is 11.8 Å². The maximum Gasteiger partial charge on any atom is 0.417 e. The third-order valence-electron chi connectivity index (χ3n) is 13.7. The number of hydrogen-bond donors (Lipinski definition) is 5. The fourth-order valence-corrected chi connectivity index (χ4v) is 10.7. The molecule has 4 aliphatic rings. The molecule has 0 bridgehead atoms. The van der Waals surface area contributed by atoms with Crippen LogP contribution in [0.3, 0.4) is 0 Å². The fraction of sp³-hybridized carbons (Fsp3) is 0.511. The Morgan fingerprint density at radius 1 is 0.953 bits per heavy atom. The Hall–Kier alpha value is -4.82. The number of nitrogens with zero attached hydrogens (tertiary/aromatic N) is 4. The van der Waals surface area contributed by atoms with E-state index in [2.05, 4.69) is 57.0 Å². The maximum absolute atomic E-state index is 14.3. The van der Waals surface area contributed by atoms with Crippen molar-refractivity contribution in [3.05, 3.63) is 65.9 Å². The Morgan fingerprint density at radius 3 is 2.50 bits per heavy atom. The summed E-state index contributed by atoms with van der Waals surface area (Å²) in [6.45, 7) is 10.9. The molecule has 6 heterocycles. The Morgan fingerprint density at radius 2 is 1.75 bits per heavy atom. The van der Waals surface area contributed by atoms with Gasteiger partial charge < -0.3 is 47.5 Å². The lowest BCUT2D eigenvalue weighted by Crippen LogP contribution is -2.55. The molecule has 5 N–H and O–H groups in total. The summed E-state index contributed by atoms with van der Waals surface area (Å²) in [5, 5.41) is 18.2. The van der Waals surface area contributed by atoms with Gasteiger partial charge in [0.05, 0.1) is 53.3 Å². The van der Waals surface area contributed by atoms with Crippen LogP contribution in [-0.4, -0.2) is 103 Å². The molecule has 3 aromatic carbocycles. The first-order valence-corrected chi connectivity index (χ1v) is 23.3. The number of carbonyl (C=O) groups is 3. The predicted molar refractivity (Wildman–Crippen MR) is 248 cm³/mol. The van der Waals surface area contributed by atoms with Crippen molar-refractivity contribution in [2.45, 2.75) is 129 Å². The number of fused-ring (bicyclic) bond motifs is 6. The number of halogens is 1. The second-order valence-corrected chi connectivity index (χ2v) is 18.8. The average molecular weight is 989 g/mol.